The van der Waals surface area contributed by atoms with Crippen molar-refractivity contribution in [3.63, 3.8) is 0 Å². The predicted molar refractivity (Wildman–Crippen MR) is 110 cm³/mol. The van der Waals surface area contributed by atoms with Crippen molar-refractivity contribution in [3.05, 3.63) is 47.5 Å². The molecule has 0 radical (unpaired) electrons. The van der Waals surface area contributed by atoms with Crippen LogP contribution in [0.1, 0.15) is 59.1 Å². The standard InChI is InChI=1S/C23H29N3O/c1-15-11-16-12-17(23(5,6)14-22(2,3)4)13-20(21(16)27-15)26-24-18-9-7-8-10-19(18)25-26/h7-10,12-13,15H,11,14H2,1-6H3. The Morgan fingerprint density at radius 3 is 2.26 bits per heavy atom. The van der Waals surface area contributed by atoms with Crippen molar-refractivity contribution in [1.29, 1.82) is 0 Å². The predicted octanol–water partition coefficient (Wildman–Crippen LogP) is 5.46. The number of hydrogen-bond acceptors (Lipinski definition) is 3. The summed E-state index contributed by atoms with van der Waals surface area (Å²) >= 11 is 0. The Morgan fingerprint density at radius 2 is 1.67 bits per heavy atom. The molecular formula is C23H29N3O. The zero-order valence-electron chi connectivity index (χ0n) is 17.2. The SMILES string of the molecule is CC1Cc2cc(C(C)(C)CC(C)(C)C)cc(-n3nc4ccccc4n3)c2O1. The lowest BCUT2D eigenvalue weighted by Gasteiger charge is -2.33. The van der Waals surface area contributed by atoms with Crippen molar-refractivity contribution in [3.8, 4) is 11.4 Å². The summed E-state index contributed by atoms with van der Waals surface area (Å²) in [6, 6.07) is 12.5. The van der Waals surface area contributed by atoms with Gasteiger partial charge in [0.25, 0.3) is 0 Å². The smallest absolute Gasteiger partial charge is 0.150 e. The molecule has 0 bridgehead atoms. The van der Waals surface area contributed by atoms with Crippen molar-refractivity contribution >= 4 is 11.0 Å². The second-order valence-corrected chi connectivity index (χ2v) is 9.72. The first-order chi connectivity index (χ1) is 12.6. The van der Waals surface area contributed by atoms with Gasteiger partial charge < -0.3 is 4.74 Å². The molecule has 4 heteroatoms. The highest BCUT2D eigenvalue weighted by atomic mass is 16.5. The van der Waals surface area contributed by atoms with Crippen LogP contribution in [0.2, 0.25) is 0 Å². The van der Waals surface area contributed by atoms with E-state index in [9.17, 15) is 0 Å². The van der Waals surface area contributed by atoms with Gasteiger partial charge in [0.1, 0.15) is 22.8 Å². The summed E-state index contributed by atoms with van der Waals surface area (Å²) in [5, 5.41) is 9.42. The van der Waals surface area contributed by atoms with Crippen LogP contribution in [0.25, 0.3) is 16.7 Å². The number of ether oxygens (including phenoxy) is 1. The third-order valence-electron chi connectivity index (χ3n) is 5.23. The van der Waals surface area contributed by atoms with Crippen LogP contribution in [-0.4, -0.2) is 21.1 Å². The molecule has 0 fully saturated rings. The summed E-state index contributed by atoms with van der Waals surface area (Å²) < 4.78 is 6.16. The highest BCUT2D eigenvalue weighted by Gasteiger charge is 2.32. The summed E-state index contributed by atoms with van der Waals surface area (Å²) in [5.74, 6) is 0.929. The van der Waals surface area contributed by atoms with E-state index in [1.807, 2.05) is 24.3 Å². The van der Waals surface area contributed by atoms with Gasteiger partial charge in [-0.15, -0.1) is 15.0 Å². The van der Waals surface area contributed by atoms with Crippen molar-refractivity contribution in [2.45, 2.75) is 65.9 Å². The maximum absolute atomic E-state index is 6.16. The normalized spacial score (nSPS) is 17.2. The average Bonchev–Trinajstić information content (AvgIpc) is 3.13. The van der Waals surface area contributed by atoms with Gasteiger partial charge >= 0.3 is 0 Å². The molecule has 27 heavy (non-hydrogen) atoms. The molecule has 1 aromatic heterocycles. The molecule has 4 rings (SSSR count). The second-order valence-electron chi connectivity index (χ2n) is 9.72. The van der Waals surface area contributed by atoms with Gasteiger partial charge in [0.15, 0.2) is 5.75 Å². The Hall–Kier alpha value is -2.36. The molecule has 0 amide bonds. The highest BCUT2D eigenvalue weighted by molar-refractivity contribution is 5.74. The zero-order chi connectivity index (χ0) is 19.4. The monoisotopic (exact) mass is 363 g/mol. The van der Waals surface area contributed by atoms with E-state index < -0.39 is 0 Å². The van der Waals surface area contributed by atoms with Gasteiger partial charge in [0.2, 0.25) is 0 Å². The average molecular weight is 364 g/mol. The topological polar surface area (TPSA) is 39.9 Å². The lowest BCUT2D eigenvalue weighted by molar-refractivity contribution is 0.253. The van der Waals surface area contributed by atoms with Crippen molar-refractivity contribution in [1.82, 2.24) is 15.0 Å². The summed E-state index contributed by atoms with van der Waals surface area (Å²) in [6.45, 7) is 13.7. The summed E-state index contributed by atoms with van der Waals surface area (Å²) in [5.41, 5.74) is 5.65. The second kappa shape index (κ2) is 6.08. The van der Waals surface area contributed by atoms with Crippen LogP contribution in [0, 0.1) is 5.41 Å². The minimum atomic E-state index is 0.0560. The molecule has 0 aliphatic carbocycles. The van der Waals surface area contributed by atoms with Gasteiger partial charge in [-0.2, -0.15) is 0 Å². The lowest BCUT2D eigenvalue weighted by Crippen LogP contribution is -2.25. The number of rotatable bonds is 3. The molecule has 0 saturated carbocycles. The first-order valence-corrected chi connectivity index (χ1v) is 9.79. The van der Waals surface area contributed by atoms with Gasteiger partial charge in [0, 0.05) is 12.0 Å². The number of aromatic nitrogens is 3. The fraction of sp³-hybridized carbons (Fsp3) is 0.478. The van der Waals surface area contributed by atoms with Crippen LogP contribution in [0.3, 0.4) is 0 Å². The molecule has 2 heterocycles. The summed E-state index contributed by atoms with van der Waals surface area (Å²) in [6.07, 6.45) is 2.22. The zero-order valence-corrected chi connectivity index (χ0v) is 17.2. The van der Waals surface area contributed by atoms with E-state index >= 15 is 0 Å². The molecular weight excluding hydrogens is 334 g/mol. The molecule has 0 spiro atoms. The molecule has 3 aromatic rings. The van der Waals surface area contributed by atoms with Crippen LogP contribution in [0.5, 0.6) is 5.75 Å². The van der Waals surface area contributed by atoms with Gasteiger partial charge in [-0.05, 0) is 47.9 Å². The maximum atomic E-state index is 6.16. The van der Waals surface area contributed by atoms with E-state index in [0.717, 1.165) is 35.3 Å². The third-order valence-corrected chi connectivity index (χ3v) is 5.23. The maximum Gasteiger partial charge on any atom is 0.150 e. The van der Waals surface area contributed by atoms with Crippen molar-refractivity contribution in [2.24, 2.45) is 5.41 Å². The highest BCUT2D eigenvalue weighted by Crippen LogP contribution is 2.42. The van der Waals surface area contributed by atoms with Crippen LogP contribution in [0.4, 0.5) is 0 Å². The van der Waals surface area contributed by atoms with Crippen molar-refractivity contribution < 1.29 is 4.74 Å². The minimum Gasteiger partial charge on any atom is -0.488 e. The first-order valence-electron chi connectivity index (χ1n) is 9.79. The Morgan fingerprint density at radius 1 is 1.04 bits per heavy atom. The van der Waals surface area contributed by atoms with Gasteiger partial charge in [-0.1, -0.05) is 52.8 Å². The molecule has 0 N–H and O–H groups in total. The van der Waals surface area contributed by atoms with Gasteiger partial charge in [-0.25, -0.2) is 0 Å². The minimum absolute atomic E-state index is 0.0560. The molecule has 1 atom stereocenters. The Kier molecular flexibility index (Phi) is 4.06. The van der Waals surface area contributed by atoms with Crippen molar-refractivity contribution in [2.75, 3.05) is 0 Å². The van der Waals surface area contributed by atoms with Crippen LogP contribution in [0.15, 0.2) is 36.4 Å². The largest absolute Gasteiger partial charge is 0.488 e. The summed E-state index contributed by atoms with van der Waals surface area (Å²) in [4.78, 5) is 1.75. The van der Waals surface area contributed by atoms with E-state index in [2.05, 4.69) is 53.7 Å². The quantitative estimate of drug-likeness (QED) is 0.620. The summed E-state index contributed by atoms with van der Waals surface area (Å²) in [7, 11) is 0. The molecule has 4 nitrogen and oxygen atoms in total. The molecule has 1 unspecified atom stereocenters. The fourth-order valence-corrected chi connectivity index (χ4v) is 4.45. The molecule has 0 saturated heterocycles. The molecule has 2 aromatic carbocycles. The fourth-order valence-electron chi connectivity index (χ4n) is 4.45. The van der Waals surface area contributed by atoms with E-state index in [1.165, 1.54) is 11.1 Å². The van der Waals surface area contributed by atoms with E-state index in [1.54, 1.807) is 4.80 Å². The van der Waals surface area contributed by atoms with Crippen LogP contribution < -0.4 is 4.74 Å². The van der Waals surface area contributed by atoms with Gasteiger partial charge in [0.05, 0.1) is 0 Å². The number of hydrogen-bond donors (Lipinski definition) is 0. The Labute approximate surface area is 161 Å². The van der Waals surface area contributed by atoms with Crippen LogP contribution in [-0.2, 0) is 11.8 Å². The van der Waals surface area contributed by atoms with E-state index in [0.29, 0.717) is 0 Å². The molecule has 142 valence electrons. The molecule has 1 aliphatic rings. The molecule has 1 aliphatic heterocycles. The first kappa shape index (κ1) is 18.0. The number of nitrogens with zero attached hydrogens (tertiary/aromatic N) is 3. The van der Waals surface area contributed by atoms with E-state index in [-0.39, 0.29) is 16.9 Å². The Balaban J connectivity index is 1.87. The third kappa shape index (κ3) is 3.45. The lowest BCUT2D eigenvalue weighted by atomic mass is 9.72. The number of benzene rings is 2. The van der Waals surface area contributed by atoms with Crippen LogP contribution >= 0.6 is 0 Å². The Bertz CT molecular complexity index is 962. The number of fused-ring (bicyclic) bond motifs is 2. The van der Waals surface area contributed by atoms with Gasteiger partial charge in [-0.3, -0.25) is 0 Å². The van der Waals surface area contributed by atoms with E-state index in [4.69, 9.17) is 14.9 Å².